The molecule has 38 heavy (non-hydrogen) atoms. The number of carbonyl (C=O) groups is 1. The molecule has 5 aromatic rings. The first-order valence-electron chi connectivity index (χ1n) is 12.2. The van der Waals surface area contributed by atoms with E-state index >= 15 is 0 Å². The summed E-state index contributed by atoms with van der Waals surface area (Å²) < 4.78 is 18.0. The van der Waals surface area contributed by atoms with Crippen molar-refractivity contribution in [3.63, 3.8) is 0 Å². The lowest BCUT2D eigenvalue weighted by Crippen LogP contribution is -2.27. The number of rotatable bonds is 9. The molecule has 0 saturated heterocycles. The molecule has 8 nitrogen and oxygen atoms in total. The van der Waals surface area contributed by atoms with Crippen LogP contribution in [-0.4, -0.2) is 48.4 Å². The number of ether oxygens (including phenoxy) is 3. The van der Waals surface area contributed by atoms with Crippen LogP contribution in [0.25, 0.3) is 28.2 Å². The van der Waals surface area contributed by atoms with E-state index < -0.39 is 0 Å². The zero-order valence-electron chi connectivity index (χ0n) is 21.5. The van der Waals surface area contributed by atoms with Crippen LogP contribution < -0.4 is 19.5 Å². The summed E-state index contributed by atoms with van der Waals surface area (Å²) in [5.74, 6) is 1.72. The maximum atomic E-state index is 13.2. The molecular weight excluding hydrogens is 480 g/mol. The molecule has 0 saturated carbocycles. The van der Waals surface area contributed by atoms with E-state index in [9.17, 15) is 4.79 Å². The molecule has 0 spiro atoms. The first-order chi connectivity index (χ1) is 18.6. The van der Waals surface area contributed by atoms with E-state index in [0.717, 1.165) is 22.4 Å². The summed E-state index contributed by atoms with van der Waals surface area (Å²) in [6.45, 7) is 0.430. The number of hydrogen-bond acceptors (Lipinski definition) is 6. The summed E-state index contributed by atoms with van der Waals surface area (Å²) in [4.78, 5) is 17.9. The number of benzene rings is 3. The van der Waals surface area contributed by atoms with Crippen molar-refractivity contribution >= 4 is 11.6 Å². The minimum atomic E-state index is -0.272. The van der Waals surface area contributed by atoms with Crippen molar-refractivity contribution < 1.29 is 19.0 Å². The fourth-order valence-electron chi connectivity index (χ4n) is 4.34. The SMILES string of the molecule is COc1ccc(CCNC(=O)c2cc(-c3ccccc3OC)n3nc(-c4ccccc4)cc3n2)cc1OC. The number of fused-ring (bicyclic) bond motifs is 1. The highest BCUT2D eigenvalue weighted by molar-refractivity contribution is 5.94. The molecule has 0 fully saturated rings. The van der Waals surface area contributed by atoms with Gasteiger partial charge in [-0.25, -0.2) is 9.50 Å². The molecule has 3 aromatic carbocycles. The Balaban J connectivity index is 1.46. The van der Waals surface area contributed by atoms with Gasteiger partial charge in [0.2, 0.25) is 0 Å². The van der Waals surface area contributed by atoms with Gasteiger partial charge in [0.1, 0.15) is 11.4 Å². The van der Waals surface area contributed by atoms with Crippen LogP contribution in [0, 0.1) is 0 Å². The predicted octanol–water partition coefficient (Wildman–Crippen LogP) is 5.06. The number of methoxy groups -OCH3 is 3. The molecule has 192 valence electrons. The second-order valence-corrected chi connectivity index (χ2v) is 8.59. The molecule has 0 aliphatic heterocycles. The summed E-state index contributed by atoms with van der Waals surface area (Å²) in [5.41, 5.74) is 5.13. The number of amides is 1. The number of carbonyl (C=O) groups excluding carboxylic acids is 1. The zero-order valence-corrected chi connectivity index (χ0v) is 21.5. The fourth-order valence-corrected chi connectivity index (χ4v) is 4.34. The predicted molar refractivity (Wildman–Crippen MR) is 146 cm³/mol. The van der Waals surface area contributed by atoms with E-state index in [0.29, 0.717) is 47.2 Å². The zero-order chi connectivity index (χ0) is 26.5. The van der Waals surface area contributed by atoms with Crippen LogP contribution in [-0.2, 0) is 6.42 Å². The average molecular weight is 509 g/mol. The minimum absolute atomic E-state index is 0.272. The molecule has 0 unspecified atom stereocenters. The van der Waals surface area contributed by atoms with Gasteiger partial charge in [-0.3, -0.25) is 4.79 Å². The highest BCUT2D eigenvalue weighted by Gasteiger charge is 2.18. The molecule has 0 atom stereocenters. The highest BCUT2D eigenvalue weighted by Crippen LogP contribution is 2.32. The van der Waals surface area contributed by atoms with Gasteiger partial charge in [0, 0.05) is 23.7 Å². The van der Waals surface area contributed by atoms with Crippen LogP contribution in [0.1, 0.15) is 16.1 Å². The smallest absolute Gasteiger partial charge is 0.270 e. The summed E-state index contributed by atoms with van der Waals surface area (Å²) >= 11 is 0. The average Bonchev–Trinajstić information content (AvgIpc) is 3.41. The Bertz CT molecular complexity index is 1580. The van der Waals surface area contributed by atoms with Gasteiger partial charge in [0.05, 0.1) is 32.7 Å². The van der Waals surface area contributed by atoms with Gasteiger partial charge >= 0.3 is 0 Å². The standard InChI is InChI=1S/C30H28N4O4/c1-36-26-12-8-7-11-22(26)25-18-24(32-29-19-23(33-34(25)29)21-9-5-4-6-10-21)30(35)31-16-15-20-13-14-27(37-2)28(17-20)38-3/h4-14,17-19H,15-16H2,1-3H3,(H,31,35). The number of para-hydroxylation sites is 1. The monoisotopic (exact) mass is 508 g/mol. The van der Waals surface area contributed by atoms with Crippen molar-refractivity contribution in [2.45, 2.75) is 6.42 Å². The molecule has 2 heterocycles. The Hall–Kier alpha value is -4.85. The fraction of sp³-hybridized carbons (Fsp3) is 0.167. The Morgan fingerprint density at radius 3 is 2.32 bits per heavy atom. The van der Waals surface area contributed by atoms with Gasteiger partial charge in [-0.1, -0.05) is 48.5 Å². The van der Waals surface area contributed by atoms with Crippen molar-refractivity contribution in [1.82, 2.24) is 19.9 Å². The van der Waals surface area contributed by atoms with E-state index in [-0.39, 0.29) is 5.91 Å². The third-order valence-electron chi connectivity index (χ3n) is 6.26. The first kappa shape index (κ1) is 24.8. The normalized spacial score (nSPS) is 10.8. The molecule has 1 N–H and O–H groups in total. The third kappa shape index (κ3) is 5.01. The van der Waals surface area contributed by atoms with E-state index in [2.05, 4.69) is 10.3 Å². The largest absolute Gasteiger partial charge is 0.496 e. The summed E-state index contributed by atoms with van der Waals surface area (Å²) in [6.07, 6.45) is 0.624. The maximum Gasteiger partial charge on any atom is 0.270 e. The topological polar surface area (TPSA) is 87.0 Å². The molecule has 5 rings (SSSR count). The van der Waals surface area contributed by atoms with Crippen molar-refractivity contribution in [3.05, 3.63) is 96.2 Å². The highest BCUT2D eigenvalue weighted by atomic mass is 16.5. The molecule has 1 amide bonds. The van der Waals surface area contributed by atoms with E-state index in [1.54, 1.807) is 31.9 Å². The third-order valence-corrected chi connectivity index (χ3v) is 6.26. The number of aromatic nitrogens is 3. The van der Waals surface area contributed by atoms with Gasteiger partial charge in [-0.05, 0) is 42.3 Å². The number of nitrogens with zero attached hydrogens (tertiary/aromatic N) is 3. The van der Waals surface area contributed by atoms with Gasteiger partial charge < -0.3 is 19.5 Å². The van der Waals surface area contributed by atoms with Crippen molar-refractivity contribution in [1.29, 1.82) is 0 Å². The Morgan fingerprint density at radius 2 is 1.55 bits per heavy atom. The summed E-state index contributed by atoms with van der Waals surface area (Å²) in [6, 6.07) is 26.9. The Kier molecular flexibility index (Phi) is 7.21. The maximum absolute atomic E-state index is 13.2. The van der Waals surface area contributed by atoms with Gasteiger partial charge in [-0.2, -0.15) is 5.10 Å². The quantitative estimate of drug-likeness (QED) is 0.299. The number of nitrogens with one attached hydrogen (secondary N) is 1. The van der Waals surface area contributed by atoms with Gasteiger partial charge in [0.15, 0.2) is 17.1 Å². The Morgan fingerprint density at radius 1 is 0.816 bits per heavy atom. The molecule has 0 aliphatic carbocycles. The second-order valence-electron chi connectivity index (χ2n) is 8.59. The lowest BCUT2D eigenvalue weighted by atomic mass is 10.1. The van der Waals surface area contributed by atoms with Crippen LogP contribution in [0.5, 0.6) is 17.2 Å². The molecule has 0 radical (unpaired) electrons. The molecular formula is C30H28N4O4. The first-order valence-corrected chi connectivity index (χ1v) is 12.2. The van der Waals surface area contributed by atoms with Gasteiger partial charge in [-0.15, -0.1) is 0 Å². The molecule has 2 aromatic heterocycles. The Labute approximate surface area is 220 Å². The lowest BCUT2D eigenvalue weighted by Gasteiger charge is -2.12. The van der Waals surface area contributed by atoms with Crippen molar-refractivity contribution in [3.8, 4) is 39.8 Å². The molecule has 0 bridgehead atoms. The van der Waals surface area contributed by atoms with E-state index in [1.807, 2.05) is 78.9 Å². The van der Waals surface area contributed by atoms with Crippen LogP contribution >= 0.6 is 0 Å². The molecule has 0 aliphatic rings. The van der Waals surface area contributed by atoms with E-state index in [4.69, 9.17) is 19.3 Å². The van der Waals surface area contributed by atoms with E-state index in [1.165, 1.54) is 0 Å². The van der Waals surface area contributed by atoms with Crippen LogP contribution in [0.2, 0.25) is 0 Å². The number of hydrogen-bond donors (Lipinski definition) is 1. The van der Waals surface area contributed by atoms with Crippen LogP contribution in [0.3, 0.4) is 0 Å². The van der Waals surface area contributed by atoms with Crippen molar-refractivity contribution in [2.24, 2.45) is 0 Å². The minimum Gasteiger partial charge on any atom is -0.496 e. The molecule has 8 heteroatoms. The lowest BCUT2D eigenvalue weighted by molar-refractivity contribution is 0.0949. The summed E-state index contributed by atoms with van der Waals surface area (Å²) in [5, 5.41) is 7.80. The van der Waals surface area contributed by atoms with Crippen LogP contribution in [0.4, 0.5) is 0 Å². The van der Waals surface area contributed by atoms with Crippen LogP contribution in [0.15, 0.2) is 84.9 Å². The van der Waals surface area contributed by atoms with Gasteiger partial charge in [0.25, 0.3) is 5.91 Å². The van der Waals surface area contributed by atoms with Crippen molar-refractivity contribution in [2.75, 3.05) is 27.9 Å². The summed E-state index contributed by atoms with van der Waals surface area (Å²) in [7, 11) is 4.83. The second kappa shape index (κ2) is 11.0.